The predicted octanol–water partition coefficient (Wildman–Crippen LogP) is 4.28. The standard InChI is InChI=1S/C18H28N2/c1-18(2)12-4-7-16(18)17(20-19)15-10-8-14(9-11-15)13-5-3-6-13/h8-11,13,16-17,20H,3-7,12,19H2,1-2H3. The second kappa shape index (κ2) is 5.50. The summed E-state index contributed by atoms with van der Waals surface area (Å²) in [4.78, 5) is 0. The molecule has 3 rings (SSSR count). The van der Waals surface area contributed by atoms with Gasteiger partial charge in [0.25, 0.3) is 0 Å². The summed E-state index contributed by atoms with van der Waals surface area (Å²) < 4.78 is 0. The van der Waals surface area contributed by atoms with Crippen LogP contribution in [0.4, 0.5) is 0 Å². The van der Waals surface area contributed by atoms with E-state index >= 15 is 0 Å². The van der Waals surface area contributed by atoms with Crippen LogP contribution in [-0.2, 0) is 0 Å². The second-order valence-electron chi connectivity index (χ2n) is 7.43. The summed E-state index contributed by atoms with van der Waals surface area (Å²) in [5.74, 6) is 7.35. The van der Waals surface area contributed by atoms with Gasteiger partial charge in [0.15, 0.2) is 0 Å². The fourth-order valence-electron chi connectivity index (χ4n) is 4.13. The van der Waals surface area contributed by atoms with E-state index in [4.69, 9.17) is 5.84 Å². The summed E-state index contributed by atoms with van der Waals surface area (Å²) in [5.41, 5.74) is 6.36. The average Bonchev–Trinajstić information content (AvgIpc) is 2.70. The molecule has 0 saturated heterocycles. The molecule has 2 heteroatoms. The summed E-state index contributed by atoms with van der Waals surface area (Å²) in [6.07, 6.45) is 8.06. The van der Waals surface area contributed by atoms with E-state index in [1.54, 1.807) is 0 Å². The Labute approximate surface area is 123 Å². The molecule has 110 valence electrons. The number of rotatable bonds is 4. The lowest BCUT2D eigenvalue weighted by Crippen LogP contribution is -2.37. The first-order chi connectivity index (χ1) is 9.62. The van der Waals surface area contributed by atoms with Gasteiger partial charge in [-0.3, -0.25) is 11.3 Å². The second-order valence-corrected chi connectivity index (χ2v) is 7.43. The molecule has 2 unspecified atom stereocenters. The highest BCUT2D eigenvalue weighted by molar-refractivity contribution is 5.29. The Bertz CT molecular complexity index is 445. The largest absolute Gasteiger partial charge is 0.271 e. The highest BCUT2D eigenvalue weighted by Gasteiger charge is 2.39. The van der Waals surface area contributed by atoms with Crippen LogP contribution in [0.15, 0.2) is 24.3 Å². The first-order valence-corrected chi connectivity index (χ1v) is 8.18. The monoisotopic (exact) mass is 272 g/mol. The van der Waals surface area contributed by atoms with Crippen molar-refractivity contribution in [1.29, 1.82) is 0 Å². The molecule has 0 radical (unpaired) electrons. The van der Waals surface area contributed by atoms with E-state index in [-0.39, 0.29) is 0 Å². The molecule has 0 aliphatic heterocycles. The van der Waals surface area contributed by atoms with E-state index in [0.717, 1.165) is 5.92 Å². The Morgan fingerprint density at radius 1 is 1.10 bits per heavy atom. The van der Waals surface area contributed by atoms with Crippen LogP contribution in [-0.4, -0.2) is 0 Å². The van der Waals surface area contributed by atoms with Crippen molar-refractivity contribution in [2.24, 2.45) is 17.2 Å². The number of hydrazine groups is 1. The lowest BCUT2D eigenvalue weighted by molar-refractivity contribution is 0.198. The van der Waals surface area contributed by atoms with Gasteiger partial charge in [0, 0.05) is 6.04 Å². The van der Waals surface area contributed by atoms with Gasteiger partial charge < -0.3 is 0 Å². The third-order valence-electron chi connectivity index (χ3n) is 5.79. The summed E-state index contributed by atoms with van der Waals surface area (Å²) in [6, 6.07) is 9.54. The Morgan fingerprint density at radius 3 is 2.25 bits per heavy atom. The molecular formula is C18H28N2. The molecule has 2 aliphatic rings. The summed E-state index contributed by atoms with van der Waals surface area (Å²) in [5, 5.41) is 0. The third kappa shape index (κ3) is 2.51. The molecule has 0 aromatic heterocycles. The van der Waals surface area contributed by atoms with Crippen LogP contribution in [0.25, 0.3) is 0 Å². The van der Waals surface area contributed by atoms with Gasteiger partial charge in [-0.15, -0.1) is 0 Å². The number of hydrogen-bond acceptors (Lipinski definition) is 2. The summed E-state index contributed by atoms with van der Waals surface area (Å²) >= 11 is 0. The quantitative estimate of drug-likeness (QED) is 0.634. The normalized spacial score (nSPS) is 27.2. The molecule has 0 spiro atoms. The molecule has 1 aromatic rings. The molecule has 20 heavy (non-hydrogen) atoms. The van der Waals surface area contributed by atoms with Gasteiger partial charge in [-0.1, -0.05) is 51.0 Å². The first kappa shape index (κ1) is 14.1. The van der Waals surface area contributed by atoms with Crippen molar-refractivity contribution in [2.45, 2.75) is 64.3 Å². The molecule has 2 fully saturated rings. The van der Waals surface area contributed by atoms with Crippen molar-refractivity contribution >= 4 is 0 Å². The fourth-order valence-corrected chi connectivity index (χ4v) is 4.13. The van der Waals surface area contributed by atoms with E-state index < -0.39 is 0 Å². The Hall–Kier alpha value is -0.860. The van der Waals surface area contributed by atoms with Crippen LogP contribution in [0, 0.1) is 11.3 Å². The van der Waals surface area contributed by atoms with Crippen LogP contribution >= 0.6 is 0 Å². The Kier molecular flexibility index (Phi) is 3.87. The minimum absolute atomic E-state index is 0.294. The van der Waals surface area contributed by atoms with Crippen molar-refractivity contribution < 1.29 is 0 Å². The van der Waals surface area contributed by atoms with Crippen molar-refractivity contribution in [3.8, 4) is 0 Å². The minimum Gasteiger partial charge on any atom is -0.271 e. The van der Waals surface area contributed by atoms with Gasteiger partial charge >= 0.3 is 0 Å². The summed E-state index contributed by atoms with van der Waals surface area (Å²) in [7, 11) is 0. The Morgan fingerprint density at radius 2 is 1.80 bits per heavy atom. The van der Waals surface area contributed by atoms with Gasteiger partial charge in [0.05, 0.1) is 0 Å². The van der Waals surface area contributed by atoms with Crippen LogP contribution < -0.4 is 11.3 Å². The van der Waals surface area contributed by atoms with E-state index in [1.165, 1.54) is 49.7 Å². The first-order valence-electron chi connectivity index (χ1n) is 8.18. The van der Waals surface area contributed by atoms with Gasteiger partial charge in [-0.2, -0.15) is 0 Å². The van der Waals surface area contributed by atoms with E-state index in [2.05, 4.69) is 43.5 Å². The number of nitrogens with one attached hydrogen (secondary N) is 1. The molecule has 2 saturated carbocycles. The predicted molar refractivity (Wildman–Crippen MR) is 84.2 cm³/mol. The lowest BCUT2D eigenvalue weighted by atomic mass is 9.75. The van der Waals surface area contributed by atoms with Gasteiger partial charge in [-0.25, -0.2) is 0 Å². The smallest absolute Gasteiger partial charge is 0.0493 e. The molecule has 0 bridgehead atoms. The van der Waals surface area contributed by atoms with Crippen LogP contribution in [0.1, 0.15) is 75.5 Å². The molecule has 2 nitrogen and oxygen atoms in total. The maximum absolute atomic E-state index is 5.89. The fraction of sp³-hybridized carbons (Fsp3) is 0.667. The molecule has 2 atom stereocenters. The van der Waals surface area contributed by atoms with Gasteiger partial charge in [0.2, 0.25) is 0 Å². The lowest BCUT2D eigenvalue weighted by Gasteiger charge is -2.34. The molecule has 1 aromatic carbocycles. The number of benzene rings is 1. The minimum atomic E-state index is 0.294. The molecule has 2 aliphatic carbocycles. The maximum Gasteiger partial charge on any atom is 0.0493 e. The molecule has 0 heterocycles. The van der Waals surface area contributed by atoms with Crippen molar-refractivity contribution in [2.75, 3.05) is 0 Å². The highest BCUT2D eigenvalue weighted by atomic mass is 15.2. The average molecular weight is 272 g/mol. The van der Waals surface area contributed by atoms with Gasteiger partial charge in [0.1, 0.15) is 0 Å². The maximum atomic E-state index is 5.89. The van der Waals surface area contributed by atoms with Crippen molar-refractivity contribution in [3.05, 3.63) is 35.4 Å². The molecule has 3 N–H and O–H groups in total. The van der Waals surface area contributed by atoms with Crippen molar-refractivity contribution in [1.82, 2.24) is 5.43 Å². The SMILES string of the molecule is CC1(C)CCCC1C(NN)c1ccc(C2CCC2)cc1. The molecular weight excluding hydrogens is 244 g/mol. The number of nitrogens with two attached hydrogens (primary N) is 1. The van der Waals surface area contributed by atoms with Crippen LogP contribution in [0.2, 0.25) is 0 Å². The highest BCUT2D eigenvalue weighted by Crippen LogP contribution is 2.48. The zero-order chi connectivity index (χ0) is 14.2. The van der Waals surface area contributed by atoms with E-state index in [0.29, 0.717) is 17.4 Å². The van der Waals surface area contributed by atoms with Crippen molar-refractivity contribution in [3.63, 3.8) is 0 Å². The summed E-state index contributed by atoms with van der Waals surface area (Å²) in [6.45, 7) is 4.77. The van der Waals surface area contributed by atoms with Gasteiger partial charge in [-0.05, 0) is 54.1 Å². The van der Waals surface area contributed by atoms with E-state index in [9.17, 15) is 0 Å². The topological polar surface area (TPSA) is 38.0 Å². The number of hydrogen-bond donors (Lipinski definition) is 2. The Balaban J connectivity index is 1.78. The zero-order valence-corrected chi connectivity index (χ0v) is 12.9. The van der Waals surface area contributed by atoms with E-state index in [1.807, 2.05) is 0 Å². The van der Waals surface area contributed by atoms with Crippen LogP contribution in [0.5, 0.6) is 0 Å². The van der Waals surface area contributed by atoms with Crippen LogP contribution in [0.3, 0.4) is 0 Å². The molecule has 0 amide bonds. The zero-order valence-electron chi connectivity index (χ0n) is 12.9. The third-order valence-corrected chi connectivity index (χ3v) is 5.79.